The molecule has 0 fully saturated rings. The number of hydrogen-bond donors (Lipinski definition) is 1. The number of rotatable bonds is 3. The van der Waals surface area contributed by atoms with E-state index in [9.17, 15) is 4.79 Å². The van der Waals surface area contributed by atoms with Crippen molar-refractivity contribution < 1.29 is 4.79 Å². The van der Waals surface area contributed by atoms with Crippen molar-refractivity contribution in [3.05, 3.63) is 42.0 Å². The van der Waals surface area contributed by atoms with Crippen molar-refractivity contribution >= 4 is 11.6 Å². The van der Waals surface area contributed by atoms with E-state index in [2.05, 4.69) is 23.8 Å². The van der Waals surface area contributed by atoms with Crippen molar-refractivity contribution in [1.29, 1.82) is 0 Å². The van der Waals surface area contributed by atoms with Crippen LogP contribution in [0, 0.1) is 0 Å². The molecule has 1 aromatic rings. The number of carbonyl (C=O) groups is 1. The molecule has 0 saturated heterocycles. The number of carbonyl (C=O) groups excluding carboxylic acids is 1. The Hall–Kier alpha value is -1.77. The van der Waals surface area contributed by atoms with Crippen LogP contribution in [0.25, 0.3) is 0 Å². The molecule has 0 bridgehead atoms. The monoisotopic (exact) mass is 230 g/mol. The summed E-state index contributed by atoms with van der Waals surface area (Å²) in [6, 6.07) is 5.93. The molecular weight excluding hydrogens is 212 g/mol. The molecule has 1 aliphatic heterocycles. The predicted molar refractivity (Wildman–Crippen MR) is 70.6 cm³/mol. The second kappa shape index (κ2) is 5.04. The van der Waals surface area contributed by atoms with Gasteiger partial charge in [0.05, 0.1) is 0 Å². The Morgan fingerprint density at radius 2 is 2.41 bits per heavy atom. The van der Waals surface area contributed by atoms with E-state index >= 15 is 0 Å². The maximum Gasteiger partial charge on any atom is 0.251 e. The molecule has 2 rings (SSSR count). The molecule has 1 aliphatic rings. The third-order valence-electron chi connectivity index (χ3n) is 3.10. The van der Waals surface area contributed by atoms with Crippen LogP contribution in [0.15, 0.2) is 30.9 Å². The van der Waals surface area contributed by atoms with E-state index in [1.165, 1.54) is 11.3 Å². The standard InChI is InChI=1S/C14H18N2O/c1-3-8-15-14(17)12-6-7-13-11(10-12)5-4-9-16(13)2/h3,6-7,10H,1,4-5,8-9H2,2H3,(H,15,17). The first-order valence-corrected chi connectivity index (χ1v) is 5.95. The molecule has 0 spiro atoms. The van der Waals surface area contributed by atoms with Gasteiger partial charge in [0.25, 0.3) is 5.91 Å². The van der Waals surface area contributed by atoms with E-state index in [-0.39, 0.29) is 5.91 Å². The lowest BCUT2D eigenvalue weighted by Crippen LogP contribution is -2.26. The molecular formula is C14H18N2O. The SMILES string of the molecule is C=CCNC(=O)c1ccc2c(c1)CCCN2C. The lowest BCUT2D eigenvalue weighted by atomic mass is 9.99. The van der Waals surface area contributed by atoms with Crippen LogP contribution < -0.4 is 10.2 Å². The van der Waals surface area contributed by atoms with E-state index in [1.807, 2.05) is 18.2 Å². The number of aryl methyl sites for hydroxylation is 1. The summed E-state index contributed by atoms with van der Waals surface area (Å²) < 4.78 is 0. The minimum absolute atomic E-state index is 0.0269. The second-order valence-corrected chi connectivity index (χ2v) is 4.37. The smallest absolute Gasteiger partial charge is 0.251 e. The zero-order valence-electron chi connectivity index (χ0n) is 10.2. The van der Waals surface area contributed by atoms with Crippen LogP contribution >= 0.6 is 0 Å². The normalized spacial score (nSPS) is 14.1. The topological polar surface area (TPSA) is 32.3 Å². The molecule has 0 aromatic heterocycles. The van der Waals surface area contributed by atoms with Gasteiger partial charge in [-0.05, 0) is 36.6 Å². The Bertz CT molecular complexity index is 440. The minimum Gasteiger partial charge on any atom is -0.374 e. The first kappa shape index (κ1) is 11.7. The molecule has 0 radical (unpaired) electrons. The molecule has 3 heteroatoms. The van der Waals surface area contributed by atoms with Crippen LogP contribution in [0.2, 0.25) is 0 Å². The summed E-state index contributed by atoms with van der Waals surface area (Å²) in [4.78, 5) is 14.0. The fraction of sp³-hybridized carbons (Fsp3) is 0.357. The molecule has 90 valence electrons. The van der Waals surface area contributed by atoms with Crippen LogP contribution in [0.1, 0.15) is 22.3 Å². The van der Waals surface area contributed by atoms with E-state index < -0.39 is 0 Å². The van der Waals surface area contributed by atoms with Gasteiger partial charge in [-0.1, -0.05) is 6.08 Å². The van der Waals surface area contributed by atoms with E-state index in [0.717, 1.165) is 24.9 Å². The number of nitrogens with zero attached hydrogens (tertiary/aromatic N) is 1. The molecule has 3 nitrogen and oxygen atoms in total. The van der Waals surface area contributed by atoms with Crippen molar-refractivity contribution in [1.82, 2.24) is 5.32 Å². The number of amides is 1. The summed E-state index contributed by atoms with van der Waals surface area (Å²) in [7, 11) is 2.09. The average Bonchev–Trinajstić information content (AvgIpc) is 2.36. The summed E-state index contributed by atoms with van der Waals surface area (Å²) >= 11 is 0. The Morgan fingerprint density at radius 1 is 1.59 bits per heavy atom. The molecule has 0 unspecified atom stereocenters. The summed E-state index contributed by atoms with van der Waals surface area (Å²) in [6.45, 7) is 5.19. The van der Waals surface area contributed by atoms with Crippen LogP contribution in [-0.4, -0.2) is 26.0 Å². The van der Waals surface area contributed by atoms with Crippen molar-refractivity contribution in [3.63, 3.8) is 0 Å². The van der Waals surface area contributed by atoms with Gasteiger partial charge in [0, 0.05) is 31.4 Å². The zero-order chi connectivity index (χ0) is 12.3. The number of hydrogen-bond acceptors (Lipinski definition) is 2. The fourth-order valence-electron chi connectivity index (χ4n) is 2.19. The molecule has 17 heavy (non-hydrogen) atoms. The van der Waals surface area contributed by atoms with Gasteiger partial charge in [-0.15, -0.1) is 6.58 Å². The van der Waals surface area contributed by atoms with Crippen molar-refractivity contribution in [2.45, 2.75) is 12.8 Å². The highest BCUT2D eigenvalue weighted by Crippen LogP contribution is 2.26. The summed E-state index contributed by atoms with van der Waals surface area (Å²) in [5, 5.41) is 2.80. The van der Waals surface area contributed by atoms with Gasteiger partial charge >= 0.3 is 0 Å². The van der Waals surface area contributed by atoms with E-state index in [4.69, 9.17) is 0 Å². The number of benzene rings is 1. The summed E-state index contributed by atoms with van der Waals surface area (Å²) in [5.74, 6) is -0.0269. The lowest BCUT2D eigenvalue weighted by molar-refractivity contribution is 0.0958. The molecule has 1 N–H and O–H groups in total. The van der Waals surface area contributed by atoms with Crippen molar-refractivity contribution in [2.24, 2.45) is 0 Å². The lowest BCUT2D eigenvalue weighted by Gasteiger charge is -2.27. The molecule has 1 heterocycles. The number of fused-ring (bicyclic) bond motifs is 1. The number of nitrogens with one attached hydrogen (secondary N) is 1. The third-order valence-corrected chi connectivity index (χ3v) is 3.10. The minimum atomic E-state index is -0.0269. The van der Waals surface area contributed by atoms with Gasteiger partial charge in [-0.25, -0.2) is 0 Å². The molecule has 1 aromatic carbocycles. The fourth-order valence-corrected chi connectivity index (χ4v) is 2.19. The molecule has 0 saturated carbocycles. The highest BCUT2D eigenvalue weighted by molar-refractivity contribution is 5.95. The quantitative estimate of drug-likeness (QED) is 0.805. The third kappa shape index (κ3) is 2.49. The maximum absolute atomic E-state index is 11.8. The van der Waals surface area contributed by atoms with Gasteiger partial charge in [0.2, 0.25) is 0 Å². The molecule has 0 aliphatic carbocycles. The second-order valence-electron chi connectivity index (χ2n) is 4.37. The highest BCUT2D eigenvalue weighted by Gasteiger charge is 2.15. The zero-order valence-corrected chi connectivity index (χ0v) is 10.2. The Labute approximate surface area is 102 Å². The highest BCUT2D eigenvalue weighted by atomic mass is 16.1. The molecule has 1 amide bonds. The average molecular weight is 230 g/mol. The van der Waals surface area contributed by atoms with Crippen LogP contribution in [0.3, 0.4) is 0 Å². The number of anilines is 1. The Morgan fingerprint density at radius 3 is 3.18 bits per heavy atom. The van der Waals surface area contributed by atoms with Crippen molar-refractivity contribution in [3.8, 4) is 0 Å². The van der Waals surface area contributed by atoms with E-state index in [1.54, 1.807) is 6.08 Å². The van der Waals surface area contributed by atoms with E-state index in [0.29, 0.717) is 6.54 Å². The van der Waals surface area contributed by atoms with Crippen LogP contribution in [-0.2, 0) is 6.42 Å². The molecule has 0 atom stereocenters. The van der Waals surface area contributed by atoms with Crippen LogP contribution in [0.4, 0.5) is 5.69 Å². The van der Waals surface area contributed by atoms with Crippen LogP contribution in [0.5, 0.6) is 0 Å². The first-order chi connectivity index (χ1) is 8.22. The van der Waals surface area contributed by atoms with Gasteiger partial charge in [-0.2, -0.15) is 0 Å². The largest absolute Gasteiger partial charge is 0.374 e. The van der Waals surface area contributed by atoms with Crippen molar-refractivity contribution in [2.75, 3.05) is 25.0 Å². The summed E-state index contributed by atoms with van der Waals surface area (Å²) in [5.41, 5.74) is 3.25. The summed E-state index contributed by atoms with van der Waals surface area (Å²) in [6.07, 6.45) is 3.90. The van der Waals surface area contributed by atoms with Gasteiger partial charge in [0.15, 0.2) is 0 Å². The van der Waals surface area contributed by atoms with Gasteiger partial charge in [0.1, 0.15) is 0 Å². The Kier molecular flexibility index (Phi) is 3.47. The van der Waals surface area contributed by atoms with Gasteiger partial charge < -0.3 is 10.2 Å². The Balaban J connectivity index is 2.21. The first-order valence-electron chi connectivity index (χ1n) is 5.95. The van der Waals surface area contributed by atoms with Gasteiger partial charge in [-0.3, -0.25) is 4.79 Å². The predicted octanol–water partition coefficient (Wildman–Crippen LogP) is 1.98. The maximum atomic E-state index is 11.8.